The first-order valence-electron chi connectivity index (χ1n) is 5.75. The molecule has 0 saturated heterocycles. The van der Waals surface area contributed by atoms with Gasteiger partial charge in [-0.3, -0.25) is 0 Å². The van der Waals surface area contributed by atoms with Crippen LogP contribution in [-0.4, -0.2) is 13.2 Å². The molecule has 1 aromatic rings. The van der Waals surface area contributed by atoms with E-state index in [1.807, 2.05) is 26.0 Å². The van der Waals surface area contributed by atoms with Crippen molar-refractivity contribution < 1.29 is 9.47 Å². The van der Waals surface area contributed by atoms with Crippen molar-refractivity contribution in [2.24, 2.45) is 5.73 Å². The second-order valence-corrected chi connectivity index (χ2v) is 4.69. The number of ether oxygens (including phenoxy) is 2. The molecule has 0 fully saturated rings. The van der Waals surface area contributed by atoms with Crippen LogP contribution in [0.3, 0.4) is 0 Å². The molecule has 3 nitrogen and oxygen atoms in total. The van der Waals surface area contributed by atoms with Gasteiger partial charge in [-0.15, -0.1) is 0 Å². The fraction of sp³-hybridized carbons (Fsp3) is 0.538. The van der Waals surface area contributed by atoms with Crippen LogP contribution >= 0.6 is 0 Å². The van der Waals surface area contributed by atoms with Gasteiger partial charge in [0.25, 0.3) is 0 Å². The predicted octanol–water partition coefficient (Wildman–Crippen LogP) is 2.21. The minimum absolute atomic E-state index is 0.346. The molecule has 0 aromatic heterocycles. The molecule has 1 aliphatic rings. The molecule has 16 heavy (non-hydrogen) atoms. The Bertz CT molecular complexity index is 394. The fourth-order valence-corrected chi connectivity index (χ4v) is 2.13. The van der Waals surface area contributed by atoms with Crippen molar-refractivity contribution >= 4 is 0 Å². The van der Waals surface area contributed by atoms with Crippen molar-refractivity contribution in [3.05, 3.63) is 23.3 Å². The van der Waals surface area contributed by atoms with Crippen LogP contribution in [0.4, 0.5) is 0 Å². The van der Waals surface area contributed by atoms with Gasteiger partial charge in [0.1, 0.15) is 13.2 Å². The van der Waals surface area contributed by atoms with Crippen LogP contribution < -0.4 is 15.2 Å². The Labute approximate surface area is 96.5 Å². The van der Waals surface area contributed by atoms with Crippen LogP contribution in [0, 0.1) is 0 Å². The van der Waals surface area contributed by atoms with Gasteiger partial charge in [0.05, 0.1) is 0 Å². The molecule has 88 valence electrons. The van der Waals surface area contributed by atoms with Crippen molar-refractivity contribution in [2.75, 3.05) is 13.2 Å². The fourth-order valence-electron chi connectivity index (χ4n) is 2.13. The molecule has 0 saturated carbocycles. The van der Waals surface area contributed by atoms with Crippen LogP contribution in [0.2, 0.25) is 0 Å². The predicted molar refractivity (Wildman–Crippen MR) is 64.0 cm³/mol. The molecule has 1 aromatic carbocycles. The Morgan fingerprint density at radius 2 is 1.94 bits per heavy atom. The molecule has 0 radical (unpaired) electrons. The lowest BCUT2D eigenvalue weighted by Gasteiger charge is -2.27. The standard InChI is InChI=1S/C13H19NO2/c1-4-9-10(13(2,3)14)5-6-11-12(9)16-8-7-15-11/h5-6H,4,7-8,14H2,1-3H3. The minimum atomic E-state index is -0.346. The molecule has 2 rings (SSSR count). The average molecular weight is 221 g/mol. The van der Waals surface area contributed by atoms with Gasteiger partial charge in [-0.1, -0.05) is 13.0 Å². The summed E-state index contributed by atoms with van der Waals surface area (Å²) in [7, 11) is 0. The second kappa shape index (κ2) is 3.98. The second-order valence-electron chi connectivity index (χ2n) is 4.69. The molecule has 0 bridgehead atoms. The van der Waals surface area contributed by atoms with Gasteiger partial charge in [0.15, 0.2) is 11.5 Å². The van der Waals surface area contributed by atoms with E-state index in [1.54, 1.807) is 0 Å². The molecule has 0 unspecified atom stereocenters. The number of hydrogen-bond acceptors (Lipinski definition) is 3. The molecule has 0 amide bonds. The highest BCUT2D eigenvalue weighted by atomic mass is 16.6. The van der Waals surface area contributed by atoms with E-state index in [9.17, 15) is 0 Å². The number of nitrogens with two attached hydrogens (primary N) is 1. The minimum Gasteiger partial charge on any atom is -0.486 e. The van der Waals surface area contributed by atoms with Crippen LogP contribution in [0.5, 0.6) is 11.5 Å². The summed E-state index contributed by atoms with van der Waals surface area (Å²) in [4.78, 5) is 0. The summed E-state index contributed by atoms with van der Waals surface area (Å²) in [5.74, 6) is 1.72. The third kappa shape index (κ3) is 1.87. The first kappa shape index (κ1) is 11.3. The number of hydrogen-bond donors (Lipinski definition) is 1. The molecule has 0 spiro atoms. The summed E-state index contributed by atoms with van der Waals surface area (Å²) in [6.45, 7) is 7.38. The van der Waals surface area contributed by atoms with Crippen LogP contribution in [0.25, 0.3) is 0 Å². The summed E-state index contributed by atoms with van der Waals surface area (Å²) >= 11 is 0. The molecule has 3 heteroatoms. The van der Waals surface area contributed by atoms with Crippen molar-refractivity contribution in [1.29, 1.82) is 0 Å². The molecule has 0 atom stereocenters. The van der Waals surface area contributed by atoms with Gasteiger partial charge in [0, 0.05) is 11.1 Å². The van der Waals surface area contributed by atoms with Crippen LogP contribution in [0.1, 0.15) is 31.9 Å². The quantitative estimate of drug-likeness (QED) is 0.832. The molecular weight excluding hydrogens is 202 g/mol. The summed E-state index contributed by atoms with van der Waals surface area (Å²) < 4.78 is 11.3. The van der Waals surface area contributed by atoms with Gasteiger partial charge in [-0.05, 0) is 31.9 Å². The third-order valence-electron chi connectivity index (χ3n) is 2.86. The molecule has 0 aliphatic carbocycles. The average Bonchev–Trinajstić information content (AvgIpc) is 2.26. The molecule has 2 N–H and O–H groups in total. The van der Waals surface area contributed by atoms with E-state index in [-0.39, 0.29) is 5.54 Å². The topological polar surface area (TPSA) is 44.5 Å². The number of fused-ring (bicyclic) bond motifs is 1. The summed E-state index contributed by atoms with van der Waals surface area (Å²) in [5, 5.41) is 0. The van der Waals surface area contributed by atoms with E-state index >= 15 is 0 Å². The highest BCUT2D eigenvalue weighted by Gasteiger charge is 2.24. The van der Waals surface area contributed by atoms with Gasteiger partial charge >= 0.3 is 0 Å². The Morgan fingerprint density at radius 1 is 1.25 bits per heavy atom. The van der Waals surface area contributed by atoms with E-state index in [4.69, 9.17) is 15.2 Å². The SMILES string of the molecule is CCc1c(C(C)(C)N)ccc2c1OCCO2. The smallest absolute Gasteiger partial charge is 0.164 e. The zero-order chi connectivity index (χ0) is 11.8. The van der Waals surface area contributed by atoms with Gasteiger partial charge in [0.2, 0.25) is 0 Å². The third-order valence-corrected chi connectivity index (χ3v) is 2.86. The zero-order valence-corrected chi connectivity index (χ0v) is 10.2. The molecule has 1 heterocycles. The van der Waals surface area contributed by atoms with E-state index in [0.29, 0.717) is 13.2 Å². The Kier molecular flexibility index (Phi) is 2.80. The Balaban J connectivity index is 2.56. The summed E-state index contributed by atoms with van der Waals surface area (Å²) in [6, 6.07) is 4.00. The maximum atomic E-state index is 6.17. The highest BCUT2D eigenvalue weighted by molar-refractivity contribution is 5.53. The largest absolute Gasteiger partial charge is 0.486 e. The van der Waals surface area contributed by atoms with Crippen molar-refractivity contribution in [3.63, 3.8) is 0 Å². The van der Waals surface area contributed by atoms with Crippen LogP contribution in [0.15, 0.2) is 12.1 Å². The van der Waals surface area contributed by atoms with E-state index in [2.05, 4.69) is 6.92 Å². The zero-order valence-electron chi connectivity index (χ0n) is 10.2. The summed E-state index contributed by atoms with van der Waals surface area (Å²) in [6.07, 6.45) is 0.905. The van der Waals surface area contributed by atoms with Gasteiger partial charge < -0.3 is 15.2 Å². The highest BCUT2D eigenvalue weighted by Crippen LogP contribution is 2.38. The number of benzene rings is 1. The van der Waals surface area contributed by atoms with Crippen molar-refractivity contribution in [3.8, 4) is 11.5 Å². The Hall–Kier alpha value is -1.22. The van der Waals surface area contributed by atoms with Crippen molar-refractivity contribution in [1.82, 2.24) is 0 Å². The lowest BCUT2D eigenvalue weighted by Crippen LogP contribution is -2.30. The van der Waals surface area contributed by atoms with E-state index < -0.39 is 0 Å². The maximum absolute atomic E-state index is 6.17. The maximum Gasteiger partial charge on any atom is 0.164 e. The normalized spacial score (nSPS) is 15.0. The van der Waals surface area contributed by atoms with E-state index in [0.717, 1.165) is 23.5 Å². The lowest BCUT2D eigenvalue weighted by atomic mass is 9.89. The first-order valence-corrected chi connectivity index (χ1v) is 5.75. The van der Waals surface area contributed by atoms with Gasteiger partial charge in [-0.2, -0.15) is 0 Å². The van der Waals surface area contributed by atoms with Crippen molar-refractivity contribution in [2.45, 2.75) is 32.7 Å². The van der Waals surface area contributed by atoms with Gasteiger partial charge in [-0.25, -0.2) is 0 Å². The first-order chi connectivity index (χ1) is 7.54. The Morgan fingerprint density at radius 3 is 2.56 bits per heavy atom. The molecular formula is C13H19NO2. The summed E-state index contributed by atoms with van der Waals surface area (Å²) in [5.41, 5.74) is 8.13. The van der Waals surface area contributed by atoms with E-state index in [1.165, 1.54) is 5.56 Å². The molecule has 1 aliphatic heterocycles. The number of rotatable bonds is 2. The van der Waals surface area contributed by atoms with Crippen LogP contribution in [-0.2, 0) is 12.0 Å². The lowest BCUT2D eigenvalue weighted by molar-refractivity contribution is 0.169. The monoisotopic (exact) mass is 221 g/mol.